The van der Waals surface area contributed by atoms with E-state index in [1.807, 2.05) is 19.9 Å². The summed E-state index contributed by atoms with van der Waals surface area (Å²) in [5, 5.41) is 7.29. The Hall–Kier alpha value is -2.87. The van der Waals surface area contributed by atoms with Crippen molar-refractivity contribution in [2.24, 2.45) is 0 Å². The van der Waals surface area contributed by atoms with Crippen LogP contribution in [0.5, 0.6) is 0 Å². The second-order valence-electron chi connectivity index (χ2n) is 5.65. The minimum absolute atomic E-state index is 0.0731. The maximum Gasteiger partial charge on any atom is 0.372 e. The molecule has 0 bridgehead atoms. The first-order valence-electron chi connectivity index (χ1n) is 7.25. The van der Waals surface area contributed by atoms with Gasteiger partial charge in [-0.2, -0.15) is 0 Å². The SMILES string of the molecule is Cc1cccc(N2C(=O)c3sc4c(C)nnc(=O)n4c3C2=O)c1C. The van der Waals surface area contributed by atoms with E-state index in [4.69, 9.17) is 0 Å². The van der Waals surface area contributed by atoms with E-state index in [-0.39, 0.29) is 10.6 Å². The number of carbonyl (C=O) groups is 2. The fourth-order valence-electron chi connectivity index (χ4n) is 2.85. The fraction of sp³-hybridized carbons (Fsp3) is 0.188. The number of hydrogen-bond donors (Lipinski definition) is 0. The lowest BCUT2D eigenvalue weighted by Gasteiger charge is -2.18. The number of rotatable bonds is 1. The van der Waals surface area contributed by atoms with Crippen LogP contribution in [0.3, 0.4) is 0 Å². The molecule has 1 aliphatic rings. The molecule has 0 atom stereocenters. The van der Waals surface area contributed by atoms with Crippen molar-refractivity contribution in [1.82, 2.24) is 14.6 Å². The van der Waals surface area contributed by atoms with Crippen LogP contribution < -0.4 is 10.6 Å². The number of carbonyl (C=O) groups excluding carboxylic acids is 2. The van der Waals surface area contributed by atoms with Crippen LogP contribution in [0, 0.1) is 20.8 Å². The molecule has 0 radical (unpaired) electrons. The monoisotopic (exact) mass is 340 g/mol. The van der Waals surface area contributed by atoms with Crippen molar-refractivity contribution < 1.29 is 9.59 Å². The molecule has 0 N–H and O–H groups in total. The van der Waals surface area contributed by atoms with Crippen LogP contribution in [0.1, 0.15) is 37.0 Å². The zero-order valence-electron chi connectivity index (χ0n) is 13.2. The highest BCUT2D eigenvalue weighted by Gasteiger charge is 2.42. The second kappa shape index (κ2) is 4.81. The number of amides is 2. The summed E-state index contributed by atoms with van der Waals surface area (Å²) in [5.74, 6) is -0.930. The first-order valence-corrected chi connectivity index (χ1v) is 8.07. The topological polar surface area (TPSA) is 84.6 Å². The van der Waals surface area contributed by atoms with E-state index in [2.05, 4.69) is 10.2 Å². The smallest absolute Gasteiger partial charge is 0.267 e. The molecule has 24 heavy (non-hydrogen) atoms. The predicted octanol–water partition coefficient (Wildman–Crippen LogP) is 1.88. The number of thiazole rings is 1. The number of anilines is 1. The fourth-order valence-corrected chi connectivity index (χ4v) is 3.95. The van der Waals surface area contributed by atoms with Gasteiger partial charge in [-0.1, -0.05) is 17.2 Å². The Morgan fingerprint density at radius 2 is 1.75 bits per heavy atom. The molecule has 1 aliphatic heterocycles. The van der Waals surface area contributed by atoms with Crippen LogP contribution in [-0.4, -0.2) is 26.4 Å². The van der Waals surface area contributed by atoms with Crippen molar-refractivity contribution in [3.63, 3.8) is 0 Å². The summed E-state index contributed by atoms with van der Waals surface area (Å²) >= 11 is 1.10. The Labute approximate surface area is 140 Å². The van der Waals surface area contributed by atoms with Crippen molar-refractivity contribution in [1.29, 1.82) is 0 Å². The van der Waals surface area contributed by atoms with E-state index in [0.717, 1.165) is 27.4 Å². The minimum Gasteiger partial charge on any atom is -0.267 e. The zero-order chi connectivity index (χ0) is 17.2. The largest absolute Gasteiger partial charge is 0.372 e. The summed E-state index contributed by atoms with van der Waals surface area (Å²) in [4.78, 5) is 39.7. The summed E-state index contributed by atoms with van der Waals surface area (Å²) in [5.41, 5.74) is 2.29. The Morgan fingerprint density at radius 3 is 2.50 bits per heavy atom. The molecule has 3 heterocycles. The Bertz CT molecular complexity index is 1110. The predicted molar refractivity (Wildman–Crippen MR) is 88.9 cm³/mol. The van der Waals surface area contributed by atoms with Gasteiger partial charge < -0.3 is 0 Å². The molecule has 0 saturated heterocycles. The standard InChI is InChI=1S/C16H12N4O3S/c1-7-5-4-6-10(8(7)2)19-13(21)11-12(14(19)22)24-15-9(3)17-18-16(23)20(11)15/h4-6H,1-3H3. The van der Waals surface area contributed by atoms with Gasteiger partial charge in [-0.15, -0.1) is 16.4 Å². The quantitative estimate of drug-likeness (QED) is 0.632. The second-order valence-corrected chi connectivity index (χ2v) is 6.65. The van der Waals surface area contributed by atoms with Gasteiger partial charge in [0, 0.05) is 0 Å². The summed E-state index contributed by atoms with van der Waals surface area (Å²) in [6.45, 7) is 5.46. The average Bonchev–Trinajstić information content (AvgIpc) is 3.05. The van der Waals surface area contributed by atoms with Gasteiger partial charge in [-0.3, -0.25) is 9.59 Å². The number of aromatic nitrogens is 3. The lowest BCUT2D eigenvalue weighted by Crippen LogP contribution is -2.32. The molecule has 0 saturated carbocycles. The Balaban J connectivity index is 1.99. The number of benzene rings is 1. The molecule has 0 aliphatic carbocycles. The summed E-state index contributed by atoms with van der Waals surface area (Å²) < 4.78 is 1.19. The van der Waals surface area contributed by atoms with Gasteiger partial charge in [0.2, 0.25) is 0 Å². The van der Waals surface area contributed by atoms with Gasteiger partial charge in [-0.25, -0.2) is 14.1 Å². The van der Waals surface area contributed by atoms with E-state index < -0.39 is 17.5 Å². The summed E-state index contributed by atoms with van der Waals surface area (Å²) in [7, 11) is 0. The zero-order valence-corrected chi connectivity index (χ0v) is 14.0. The van der Waals surface area contributed by atoms with Gasteiger partial charge in [0.1, 0.15) is 15.4 Å². The van der Waals surface area contributed by atoms with Crippen molar-refractivity contribution >= 4 is 33.7 Å². The molecule has 2 amide bonds. The van der Waals surface area contributed by atoms with Crippen LogP contribution >= 0.6 is 11.3 Å². The van der Waals surface area contributed by atoms with Gasteiger partial charge in [0.05, 0.1) is 11.4 Å². The maximum absolute atomic E-state index is 12.9. The molecule has 7 nitrogen and oxygen atoms in total. The number of nitrogens with zero attached hydrogens (tertiary/aromatic N) is 4. The highest BCUT2D eigenvalue weighted by Crippen LogP contribution is 2.35. The van der Waals surface area contributed by atoms with Crippen LogP contribution in [0.2, 0.25) is 0 Å². The van der Waals surface area contributed by atoms with Gasteiger partial charge in [-0.05, 0) is 38.0 Å². The Morgan fingerprint density at radius 1 is 1.00 bits per heavy atom. The number of hydrogen-bond acceptors (Lipinski definition) is 6. The molecular formula is C16H12N4O3S. The van der Waals surface area contributed by atoms with Crippen molar-refractivity contribution in [2.45, 2.75) is 20.8 Å². The number of aryl methyl sites for hydroxylation is 2. The third-order valence-corrected chi connectivity index (χ3v) is 5.49. The van der Waals surface area contributed by atoms with Crippen LogP contribution in [0.15, 0.2) is 23.0 Å². The average molecular weight is 340 g/mol. The first-order chi connectivity index (χ1) is 11.4. The van der Waals surface area contributed by atoms with E-state index >= 15 is 0 Å². The molecular weight excluding hydrogens is 328 g/mol. The van der Waals surface area contributed by atoms with Gasteiger partial charge in [0.15, 0.2) is 0 Å². The molecule has 0 unspecified atom stereocenters. The normalized spacial score (nSPS) is 13.9. The minimum atomic E-state index is -0.655. The highest BCUT2D eigenvalue weighted by atomic mass is 32.1. The number of imide groups is 1. The van der Waals surface area contributed by atoms with E-state index in [1.54, 1.807) is 19.1 Å². The molecule has 3 aromatic rings. The van der Waals surface area contributed by atoms with Crippen molar-refractivity contribution in [3.8, 4) is 0 Å². The van der Waals surface area contributed by atoms with E-state index in [0.29, 0.717) is 16.2 Å². The van der Waals surface area contributed by atoms with Crippen LogP contribution in [0.25, 0.3) is 4.83 Å². The van der Waals surface area contributed by atoms with Crippen molar-refractivity contribution in [2.75, 3.05) is 4.90 Å². The molecule has 2 aromatic heterocycles. The maximum atomic E-state index is 12.9. The first kappa shape index (κ1) is 14.7. The molecule has 8 heteroatoms. The van der Waals surface area contributed by atoms with E-state index in [9.17, 15) is 14.4 Å². The number of fused-ring (bicyclic) bond motifs is 3. The summed E-state index contributed by atoms with van der Waals surface area (Å²) in [6.07, 6.45) is 0. The van der Waals surface area contributed by atoms with E-state index in [1.165, 1.54) is 4.40 Å². The Kier molecular flexibility index (Phi) is 2.95. The third kappa shape index (κ3) is 1.74. The molecule has 1 aromatic carbocycles. The lowest BCUT2D eigenvalue weighted by atomic mass is 10.1. The molecule has 0 fully saturated rings. The third-order valence-electron chi connectivity index (χ3n) is 4.25. The van der Waals surface area contributed by atoms with Crippen molar-refractivity contribution in [3.05, 3.63) is 56.1 Å². The van der Waals surface area contributed by atoms with Crippen LogP contribution in [-0.2, 0) is 0 Å². The van der Waals surface area contributed by atoms with Gasteiger partial charge in [0.25, 0.3) is 11.8 Å². The molecule has 120 valence electrons. The lowest BCUT2D eigenvalue weighted by molar-refractivity contribution is 0.0924. The molecule has 0 spiro atoms. The highest BCUT2D eigenvalue weighted by molar-refractivity contribution is 7.20. The molecule has 4 rings (SSSR count). The van der Waals surface area contributed by atoms with Gasteiger partial charge >= 0.3 is 5.69 Å². The summed E-state index contributed by atoms with van der Waals surface area (Å²) in [6, 6.07) is 5.44. The van der Waals surface area contributed by atoms with Crippen LogP contribution in [0.4, 0.5) is 5.69 Å².